The van der Waals surface area contributed by atoms with Crippen molar-refractivity contribution in [1.82, 2.24) is 4.98 Å². The normalized spacial score (nSPS) is 15.7. The van der Waals surface area contributed by atoms with Gasteiger partial charge in [-0.1, -0.05) is 20.8 Å². The molecule has 0 atom stereocenters. The quantitative estimate of drug-likeness (QED) is 0.893. The molecule has 0 unspecified atom stereocenters. The van der Waals surface area contributed by atoms with Crippen LogP contribution in [0.1, 0.15) is 45.4 Å². The third-order valence-corrected chi connectivity index (χ3v) is 3.27. The first-order valence-electron chi connectivity index (χ1n) is 6.65. The Morgan fingerprint density at radius 3 is 2.74 bits per heavy atom. The molecule has 0 bridgehead atoms. The molecule has 1 aliphatic carbocycles. The van der Waals surface area contributed by atoms with Gasteiger partial charge in [0, 0.05) is 17.0 Å². The van der Waals surface area contributed by atoms with Crippen LogP contribution in [0.15, 0.2) is 22.6 Å². The first-order valence-corrected chi connectivity index (χ1v) is 6.65. The number of rotatable bonds is 2. The van der Waals surface area contributed by atoms with Gasteiger partial charge in [0.15, 0.2) is 11.5 Å². The second kappa shape index (κ2) is 4.08. The van der Waals surface area contributed by atoms with E-state index >= 15 is 0 Å². The lowest BCUT2D eigenvalue weighted by Gasteiger charge is -2.17. The van der Waals surface area contributed by atoms with Crippen LogP contribution in [-0.4, -0.2) is 10.9 Å². The molecule has 1 N–H and O–H groups in total. The Hall–Kier alpha value is -1.84. The van der Waals surface area contributed by atoms with Crippen molar-refractivity contribution in [2.24, 2.45) is 5.41 Å². The fraction of sp³-hybridized carbons (Fsp3) is 0.467. The Balaban J connectivity index is 1.86. The van der Waals surface area contributed by atoms with Gasteiger partial charge in [0.25, 0.3) is 0 Å². The Bertz CT molecular complexity index is 633. The van der Waals surface area contributed by atoms with E-state index in [0.717, 1.165) is 22.7 Å². The molecule has 1 aromatic heterocycles. The highest BCUT2D eigenvalue weighted by Gasteiger charge is 2.29. The smallest absolute Gasteiger partial charge is 0.229 e. The van der Waals surface area contributed by atoms with Gasteiger partial charge in [-0.05, 0) is 31.0 Å². The topological polar surface area (TPSA) is 55.1 Å². The van der Waals surface area contributed by atoms with Gasteiger partial charge in [-0.15, -0.1) is 0 Å². The van der Waals surface area contributed by atoms with Gasteiger partial charge in [-0.3, -0.25) is 4.79 Å². The SMILES string of the molecule is CC(C)(C)C(=O)Nc1ccc2oc(C3CC3)nc2c1. The summed E-state index contributed by atoms with van der Waals surface area (Å²) in [5.74, 6) is 1.33. The highest BCUT2D eigenvalue weighted by Crippen LogP contribution is 2.40. The van der Waals surface area contributed by atoms with Crippen molar-refractivity contribution in [3.05, 3.63) is 24.1 Å². The maximum absolute atomic E-state index is 11.9. The minimum atomic E-state index is -0.405. The molecule has 1 fully saturated rings. The van der Waals surface area contributed by atoms with Gasteiger partial charge in [0.05, 0.1) is 0 Å². The van der Waals surface area contributed by atoms with Crippen LogP contribution in [0, 0.1) is 5.41 Å². The molecule has 19 heavy (non-hydrogen) atoms. The average molecular weight is 258 g/mol. The average Bonchev–Trinajstić information content (AvgIpc) is 3.08. The molecule has 4 heteroatoms. The summed E-state index contributed by atoms with van der Waals surface area (Å²) in [6.07, 6.45) is 2.33. The van der Waals surface area contributed by atoms with Crippen LogP contribution in [0.2, 0.25) is 0 Å². The molecule has 1 heterocycles. The Labute approximate surface area is 112 Å². The predicted octanol–water partition coefficient (Wildman–Crippen LogP) is 3.69. The summed E-state index contributed by atoms with van der Waals surface area (Å²) in [5.41, 5.74) is 1.96. The van der Waals surface area contributed by atoms with E-state index in [9.17, 15) is 4.79 Å². The second-order valence-corrected chi connectivity index (χ2v) is 6.21. The number of fused-ring (bicyclic) bond motifs is 1. The molecule has 0 spiro atoms. The zero-order valence-corrected chi connectivity index (χ0v) is 11.5. The van der Waals surface area contributed by atoms with E-state index in [1.54, 1.807) is 0 Å². The lowest BCUT2D eigenvalue weighted by atomic mass is 9.95. The first kappa shape index (κ1) is 12.2. The van der Waals surface area contributed by atoms with Crippen molar-refractivity contribution >= 4 is 22.7 Å². The highest BCUT2D eigenvalue weighted by molar-refractivity contribution is 5.95. The van der Waals surface area contributed by atoms with Crippen molar-refractivity contribution in [3.8, 4) is 0 Å². The number of anilines is 1. The van der Waals surface area contributed by atoms with E-state index in [2.05, 4.69) is 10.3 Å². The molecular weight excluding hydrogens is 240 g/mol. The van der Waals surface area contributed by atoms with Crippen LogP contribution in [0.5, 0.6) is 0 Å². The lowest BCUT2D eigenvalue weighted by molar-refractivity contribution is -0.123. The van der Waals surface area contributed by atoms with E-state index in [-0.39, 0.29) is 5.91 Å². The Morgan fingerprint density at radius 2 is 2.11 bits per heavy atom. The van der Waals surface area contributed by atoms with Crippen molar-refractivity contribution in [2.75, 3.05) is 5.32 Å². The number of amides is 1. The van der Waals surface area contributed by atoms with E-state index in [4.69, 9.17) is 4.42 Å². The molecule has 1 saturated carbocycles. The van der Waals surface area contributed by atoms with Gasteiger partial charge in [-0.25, -0.2) is 4.98 Å². The monoisotopic (exact) mass is 258 g/mol. The van der Waals surface area contributed by atoms with Crippen LogP contribution in [0.25, 0.3) is 11.1 Å². The maximum atomic E-state index is 11.9. The van der Waals surface area contributed by atoms with Gasteiger partial charge in [0.1, 0.15) is 5.52 Å². The number of hydrogen-bond donors (Lipinski definition) is 1. The van der Waals surface area contributed by atoms with Crippen molar-refractivity contribution in [3.63, 3.8) is 0 Å². The lowest BCUT2D eigenvalue weighted by Crippen LogP contribution is -2.27. The zero-order chi connectivity index (χ0) is 13.6. The summed E-state index contributed by atoms with van der Waals surface area (Å²) in [6.45, 7) is 5.67. The van der Waals surface area contributed by atoms with Crippen LogP contribution in [0.3, 0.4) is 0 Å². The molecule has 0 aliphatic heterocycles. The van der Waals surface area contributed by atoms with Crippen LogP contribution in [0.4, 0.5) is 5.69 Å². The first-order chi connectivity index (χ1) is 8.93. The van der Waals surface area contributed by atoms with Crippen molar-refractivity contribution < 1.29 is 9.21 Å². The van der Waals surface area contributed by atoms with Crippen LogP contribution >= 0.6 is 0 Å². The van der Waals surface area contributed by atoms with Crippen molar-refractivity contribution in [1.29, 1.82) is 0 Å². The maximum Gasteiger partial charge on any atom is 0.229 e. The van der Waals surface area contributed by atoms with Gasteiger partial charge in [-0.2, -0.15) is 0 Å². The van der Waals surface area contributed by atoms with Gasteiger partial charge >= 0.3 is 0 Å². The summed E-state index contributed by atoms with van der Waals surface area (Å²) >= 11 is 0. The van der Waals surface area contributed by atoms with E-state index < -0.39 is 5.41 Å². The Morgan fingerprint density at radius 1 is 1.37 bits per heavy atom. The number of nitrogens with zero attached hydrogens (tertiary/aromatic N) is 1. The summed E-state index contributed by atoms with van der Waals surface area (Å²) in [6, 6.07) is 5.59. The molecule has 1 amide bonds. The number of carbonyl (C=O) groups is 1. The van der Waals surface area contributed by atoms with E-state index in [1.807, 2.05) is 39.0 Å². The zero-order valence-electron chi connectivity index (χ0n) is 11.5. The minimum absolute atomic E-state index is 0.00207. The minimum Gasteiger partial charge on any atom is -0.440 e. The standard InChI is InChI=1S/C15H18N2O2/c1-15(2,3)14(18)16-10-6-7-12-11(8-10)17-13(19-12)9-4-5-9/h6-9H,4-5H2,1-3H3,(H,16,18). The molecule has 1 aliphatic rings. The fourth-order valence-electron chi connectivity index (χ4n) is 1.85. The molecule has 1 aromatic carbocycles. The molecule has 4 nitrogen and oxygen atoms in total. The van der Waals surface area contributed by atoms with Crippen LogP contribution < -0.4 is 5.32 Å². The molecule has 100 valence electrons. The number of carbonyl (C=O) groups excluding carboxylic acids is 1. The van der Waals surface area contributed by atoms with E-state index in [1.165, 1.54) is 12.8 Å². The van der Waals surface area contributed by atoms with Crippen LogP contribution in [-0.2, 0) is 4.79 Å². The summed E-state index contributed by atoms with van der Waals surface area (Å²) in [7, 11) is 0. The Kier molecular flexibility index (Phi) is 2.62. The number of nitrogens with one attached hydrogen (secondary N) is 1. The second-order valence-electron chi connectivity index (χ2n) is 6.21. The third-order valence-electron chi connectivity index (χ3n) is 3.27. The number of aromatic nitrogens is 1. The van der Waals surface area contributed by atoms with Crippen molar-refractivity contribution in [2.45, 2.75) is 39.5 Å². The fourth-order valence-corrected chi connectivity index (χ4v) is 1.85. The molecule has 3 rings (SSSR count). The number of oxazole rings is 1. The van der Waals surface area contributed by atoms with Gasteiger partial charge in [0.2, 0.25) is 5.91 Å². The largest absolute Gasteiger partial charge is 0.440 e. The summed E-state index contributed by atoms with van der Waals surface area (Å²) in [5, 5.41) is 2.91. The number of benzene rings is 1. The molecule has 2 aromatic rings. The third kappa shape index (κ3) is 2.48. The summed E-state index contributed by atoms with van der Waals surface area (Å²) < 4.78 is 5.70. The predicted molar refractivity (Wildman–Crippen MR) is 74.1 cm³/mol. The van der Waals surface area contributed by atoms with Gasteiger partial charge < -0.3 is 9.73 Å². The molecule has 0 saturated heterocycles. The highest BCUT2D eigenvalue weighted by atomic mass is 16.3. The molecule has 0 radical (unpaired) electrons. The van der Waals surface area contributed by atoms with E-state index in [0.29, 0.717) is 5.92 Å². The number of hydrogen-bond acceptors (Lipinski definition) is 3. The summed E-state index contributed by atoms with van der Waals surface area (Å²) in [4.78, 5) is 16.4. The molecular formula is C15H18N2O2.